The molecule has 15 heavy (non-hydrogen) atoms. The summed E-state index contributed by atoms with van der Waals surface area (Å²) in [6.45, 7) is 5.12. The van der Waals surface area contributed by atoms with E-state index in [0.29, 0.717) is 12.0 Å². The number of aliphatic hydroxyl groups excluding tert-OH is 1. The van der Waals surface area contributed by atoms with Crippen molar-refractivity contribution < 1.29 is 14.3 Å². The minimum atomic E-state index is -1.11. The van der Waals surface area contributed by atoms with Gasteiger partial charge in [-0.2, -0.15) is 0 Å². The third-order valence-electron chi connectivity index (χ3n) is 2.37. The lowest BCUT2D eigenvalue weighted by molar-refractivity contribution is 0.0735. The molecule has 0 aliphatic heterocycles. The van der Waals surface area contributed by atoms with E-state index in [0.717, 1.165) is 5.56 Å². The Morgan fingerprint density at radius 3 is 2.53 bits per heavy atom. The summed E-state index contributed by atoms with van der Waals surface area (Å²) in [7, 11) is 0. The fourth-order valence-corrected chi connectivity index (χ4v) is 1.58. The van der Waals surface area contributed by atoms with Crippen molar-refractivity contribution in [2.75, 3.05) is 0 Å². The first-order chi connectivity index (χ1) is 6.97. The monoisotopic (exact) mass is 210 g/mol. The van der Waals surface area contributed by atoms with Crippen LogP contribution < -0.4 is 0 Å². The second-order valence-corrected chi connectivity index (χ2v) is 3.73. The topological polar surface area (TPSA) is 37.3 Å². The van der Waals surface area contributed by atoms with Gasteiger partial charge >= 0.3 is 0 Å². The van der Waals surface area contributed by atoms with E-state index in [-0.39, 0.29) is 5.56 Å². The lowest BCUT2D eigenvalue weighted by Crippen LogP contribution is -2.21. The first-order valence-corrected chi connectivity index (χ1v) is 4.96. The average Bonchev–Trinajstić information content (AvgIpc) is 2.14. The molecular weight excluding hydrogens is 195 g/mol. The van der Waals surface area contributed by atoms with Crippen LogP contribution in [-0.4, -0.2) is 17.0 Å². The van der Waals surface area contributed by atoms with Crippen LogP contribution in [-0.2, 0) is 0 Å². The van der Waals surface area contributed by atoms with Gasteiger partial charge in [0.1, 0.15) is 11.9 Å². The molecule has 0 aliphatic carbocycles. The van der Waals surface area contributed by atoms with Crippen LogP contribution in [0.3, 0.4) is 0 Å². The molecule has 2 nitrogen and oxygen atoms in total. The standard InChI is InChI=1S/C12H15FO2/c1-4-10(14)12(15)11-8(3)5-7(2)6-9(11)13/h5-6,10,14H,4H2,1-3H3. The highest BCUT2D eigenvalue weighted by molar-refractivity contribution is 6.00. The van der Waals surface area contributed by atoms with Crippen LogP contribution in [0, 0.1) is 19.7 Å². The van der Waals surface area contributed by atoms with Crippen molar-refractivity contribution in [3.8, 4) is 0 Å². The van der Waals surface area contributed by atoms with Gasteiger partial charge in [0.25, 0.3) is 0 Å². The highest BCUT2D eigenvalue weighted by Crippen LogP contribution is 2.18. The van der Waals surface area contributed by atoms with E-state index in [1.165, 1.54) is 6.07 Å². The van der Waals surface area contributed by atoms with E-state index in [4.69, 9.17) is 0 Å². The van der Waals surface area contributed by atoms with Gasteiger partial charge in [-0.25, -0.2) is 4.39 Å². The van der Waals surface area contributed by atoms with Crippen molar-refractivity contribution in [2.24, 2.45) is 0 Å². The fraction of sp³-hybridized carbons (Fsp3) is 0.417. The number of aliphatic hydroxyl groups is 1. The maximum Gasteiger partial charge on any atom is 0.194 e. The van der Waals surface area contributed by atoms with Crippen LogP contribution in [0.5, 0.6) is 0 Å². The van der Waals surface area contributed by atoms with Crippen LogP contribution in [0.1, 0.15) is 34.8 Å². The smallest absolute Gasteiger partial charge is 0.194 e. The number of Topliss-reactive ketones (excluding diaryl/α,β-unsaturated/α-hetero) is 1. The highest BCUT2D eigenvalue weighted by atomic mass is 19.1. The van der Waals surface area contributed by atoms with Gasteiger partial charge in [-0.1, -0.05) is 13.0 Å². The molecule has 0 spiro atoms. The summed E-state index contributed by atoms with van der Waals surface area (Å²) >= 11 is 0. The third kappa shape index (κ3) is 2.42. The van der Waals surface area contributed by atoms with Gasteiger partial charge < -0.3 is 5.11 Å². The molecule has 3 heteroatoms. The lowest BCUT2D eigenvalue weighted by atomic mass is 9.97. The van der Waals surface area contributed by atoms with Gasteiger partial charge in [-0.3, -0.25) is 4.79 Å². The van der Waals surface area contributed by atoms with E-state index in [1.54, 1.807) is 26.8 Å². The summed E-state index contributed by atoms with van der Waals surface area (Å²) in [6, 6.07) is 3.04. The zero-order valence-electron chi connectivity index (χ0n) is 9.17. The summed E-state index contributed by atoms with van der Waals surface area (Å²) in [5.74, 6) is -1.09. The van der Waals surface area contributed by atoms with Crippen LogP contribution in [0.4, 0.5) is 4.39 Å². The van der Waals surface area contributed by atoms with E-state index in [1.807, 2.05) is 0 Å². The first kappa shape index (κ1) is 11.9. The summed E-state index contributed by atoms with van der Waals surface area (Å²) in [5, 5.41) is 9.38. The molecule has 1 unspecified atom stereocenters. The number of halogens is 1. The largest absolute Gasteiger partial charge is 0.385 e. The molecule has 82 valence electrons. The van der Waals surface area contributed by atoms with Gasteiger partial charge in [-0.05, 0) is 37.5 Å². The average molecular weight is 210 g/mol. The summed E-state index contributed by atoms with van der Waals surface area (Å²) < 4.78 is 13.5. The molecular formula is C12H15FO2. The molecule has 0 heterocycles. The summed E-state index contributed by atoms with van der Waals surface area (Å²) in [6.07, 6.45) is -0.813. The van der Waals surface area contributed by atoms with Gasteiger partial charge in [-0.15, -0.1) is 0 Å². The van der Waals surface area contributed by atoms with Gasteiger partial charge in [0.15, 0.2) is 5.78 Å². The zero-order valence-corrected chi connectivity index (χ0v) is 9.17. The minimum absolute atomic E-state index is 0.00921. The molecule has 0 aromatic heterocycles. The number of hydrogen-bond donors (Lipinski definition) is 1. The van der Waals surface area contributed by atoms with Gasteiger partial charge in [0, 0.05) is 0 Å². The number of rotatable bonds is 3. The Morgan fingerprint density at radius 2 is 2.07 bits per heavy atom. The van der Waals surface area contributed by atoms with Crippen LogP contribution in [0.2, 0.25) is 0 Å². The number of hydrogen-bond acceptors (Lipinski definition) is 2. The molecule has 0 aliphatic rings. The SMILES string of the molecule is CCC(O)C(=O)c1c(C)cc(C)cc1F. The molecule has 0 amide bonds. The molecule has 0 bridgehead atoms. The maximum atomic E-state index is 13.5. The highest BCUT2D eigenvalue weighted by Gasteiger charge is 2.21. The van der Waals surface area contributed by atoms with Crippen molar-refractivity contribution in [2.45, 2.75) is 33.3 Å². The van der Waals surface area contributed by atoms with Crippen molar-refractivity contribution >= 4 is 5.78 Å². The molecule has 0 saturated heterocycles. The van der Waals surface area contributed by atoms with E-state index in [9.17, 15) is 14.3 Å². The molecule has 0 radical (unpaired) electrons. The van der Waals surface area contributed by atoms with Gasteiger partial charge in [0.2, 0.25) is 0 Å². The first-order valence-electron chi connectivity index (χ1n) is 4.96. The van der Waals surface area contributed by atoms with Crippen LogP contribution in [0.25, 0.3) is 0 Å². The molecule has 1 atom stereocenters. The Balaban J connectivity index is 3.20. The minimum Gasteiger partial charge on any atom is -0.385 e. The third-order valence-corrected chi connectivity index (χ3v) is 2.37. The normalized spacial score (nSPS) is 12.6. The molecule has 1 aromatic carbocycles. The zero-order chi connectivity index (χ0) is 11.6. The Hall–Kier alpha value is -1.22. The molecule has 1 aromatic rings. The Kier molecular flexibility index (Phi) is 3.58. The predicted octanol–water partition coefficient (Wildman–Crippen LogP) is 2.40. The molecule has 0 fully saturated rings. The van der Waals surface area contributed by atoms with Gasteiger partial charge in [0.05, 0.1) is 5.56 Å². The lowest BCUT2D eigenvalue weighted by Gasteiger charge is -2.11. The van der Waals surface area contributed by atoms with Crippen molar-refractivity contribution in [1.29, 1.82) is 0 Å². The second-order valence-electron chi connectivity index (χ2n) is 3.73. The fourth-order valence-electron chi connectivity index (χ4n) is 1.58. The maximum absolute atomic E-state index is 13.5. The summed E-state index contributed by atoms with van der Waals surface area (Å²) in [5.41, 5.74) is 1.35. The number of carbonyl (C=O) groups excluding carboxylic acids is 1. The van der Waals surface area contributed by atoms with E-state index < -0.39 is 17.7 Å². The van der Waals surface area contributed by atoms with Crippen LogP contribution >= 0.6 is 0 Å². The summed E-state index contributed by atoms with van der Waals surface area (Å²) in [4.78, 5) is 11.6. The Labute approximate surface area is 88.7 Å². The number of benzene rings is 1. The predicted molar refractivity (Wildman–Crippen MR) is 56.5 cm³/mol. The number of carbonyl (C=O) groups is 1. The van der Waals surface area contributed by atoms with E-state index >= 15 is 0 Å². The number of ketones is 1. The quantitative estimate of drug-likeness (QED) is 0.778. The molecule has 1 rings (SSSR count). The Bertz CT molecular complexity index is 362. The Morgan fingerprint density at radius 1 is 1.47 bits per heavy atom. The van der Waals surface area contributed by atoms with E-state index in [2.05, 4.69) is 0 Å². The molecule has 1 N–H and O–H groups in total. The van der Waals surface area contributed by atoms with Crippen molar-refractivity contribution in [1.82, 2.24) is 0 Å². The van der Waals surface area contributed by atoms with Crippen molar-refractivity contribution in [3.05, 3.63) is 34.6 Å². The number of aryl methyl sites for hydroxylation is 2. The van der Waals surface area contributed by atoms with Crippen molar-refractivity contribution in [3.63, 3.8) is 0 Å². The molecule has 0 saturated carbocycles. The second kappa shape index (κ2) is 4.53. The van der Waals surface area contributed by atoms with Crippen LogP contribution in [0.15, 0.2) is 12.1 Å².